The second kappa shape index (κ2) is 8.75. The lowest BCUT2D eigenvalue weighted by Gasteiger charge is -2.34. The molecule has 0 spiro atoms. The summed E-state index contributed by atoms with van der Waals surface area (Å²) in [4.78, 5) is 0. The minimum absolute atomic E-state index is 0.0271. The van der Waals surface area contributed by atoms with E-state index in [1.54, 1.807) is 0 Å². The van der Waals surface area contributed by atoms with Crippen LogP contribution in [0.1, 0.15) is 26.3 Å². The second-order valence-electron chi connectivity index (χ2n) is 13.0. The van der Waals surface area contributed by atoms with Crippen molar-refractivity contribution in [2.24, 2.45) is 0 Å². The van der Waals surface area contributed by atoms with Crippen molar-refractivity contribution >= 4 is 44.9 Å². The maximum atomic E-state index is 6.95. The first kappa shape index (κ1) is 24.6. The second-order valence-corrected chi connectivity index (χ2v) is 13.0. The Hall–Kier alpha value is -5.02. The third-order valence-corrected chi connectivity index (χ3v) is 9.42. The van der Waals surface area contributed by atoms with Gasteiger partial charge in [0, 0.05) is 22.0 Å². The van der Waals surface area contributed by atoms with Crippen LogP contribution in [0.15, 0.2) is 127 Å². The largest absolute Gasteiger partial charge is 0.458 e. The van der Waals surface area contributed by atoms with Crippen LogP contribution in [0.5, 0.6) is 11.5 Å². The number of ether oxygens (including phenoxy) is 1. The van der Waals surface area contributed by atoms with E-state index in [0.717, 1.165) is 17.1 Å². The highest BCUT2D eigenvalue weighted by Crippen LogP contribution is 2.41. The molecule has 204 valence electrons. The summed E-state index contributed by atoms with van der Waals surface area (Å²) in [5.74, 6) is 1.91. The topological polar surface area (TPSA) is 14.2 Å². The summed E-state index contributed by atoms with van der Waals surface area (Å²) in [5.41, 5.74) is 13.7. The third kappa shape index (κ3) is 3.48. The molecule has 0 atom stereocenters. The molecule has 6 aromatic carbocycles. The van der Waals surface area contributed by atoms with Gasteiger partial charge in [0.2, 0.25) is 0 Å². The summed E-state index contributed by atoms with van der Waals surface area (Å²) in [5, 5.41) is 2.58. The number of benzene rings is 6. The van der Waals surface area contributed by atoms with Crippen LogP contribution in [0.3, 0.4) is 0 Å². The molecule has 2 aliphatic rings. The molecule has 43 heavy (non-hydrogen) atoms. The fourth-order valence-electron chi connectivity index (χ4n) is 7.38. The SMILES string of the molecule is CC(C)(C)c1ccc2c(c1)Oc1cc(-c3ccccc3-c3ccccc3)cc3c1B2c1cccc2c4ccccc4n-3c12. The van der Waals surface area contributed by atoms with Crippen molar-refractivity contribution in [1.82, 2.24) is 4.57 Å². The zero-order chi connectivity index (χ0) is 28.9. The minimum atomic E-state index is 0.0271. The Kier molecular flexibility index (Phi) is 5.00. The maximum Gasteiger partial charge on any atom is 0.256 e. The molecule has 2 nitrogen and oxygen atoms in total. The third-order valence-electron chi connectivity index (χ3n) is 9.42. The van der Waals surface area contributed by atoms with Crippen LogP contribution in [0.2, 0.25) is 0 Å². The van der Waals surface area contributed by atoms with Crippen LogP contribution >= 0.6 is 0 Å². The molecule has 0 fully saturated rings. The van der Waals surface area contributed by atoms with Gasteiger partial charge in [0.15, 0.2) is 0 Å². The molecule has 0 amide bonds. The van der Waals surface area contributed by atoms with Crippen molar-refractivity contribution < 1.29 is 4.74 Å². The van der Waals surface area contributed by atoms with Crippen LogP contribution in [0.25, 0.3) is 49.7 Å². The van der Waals surface area contributed by atoms with Gasteiger partial charge < -0.3 is 9.30 Å². The van der Waals surface area contributed by atoms with Crippen molar-refractivity contribution in [3.8, 4) is 39.4 Å². The fraction of sp³-hybridized carbons (Fsp3) is 0.100. The lowest BCUT2D eigenvalue weighted by molar-refractivity contribution is 0.483. The van der Waals surface area contributed by atoms with Gasteiger partial charge in [0.05, 0.1) is 5.52 Å². The predicted octanol–water partition coefficient (Wildman–Crippen LogP) is 8.35. The highest BCUT2D eigenvalue weighted by atomic mass is 16.5. The summed E-state index contributed by atoms with van der Waals surface area (Å²) < 4.78 is 9.44. The Morgan fingerprint density at radius 1 is 0.581 bits per heavy atom. The summed E-state index contributed by atoms with van der Waals surface area (Å²) in [6, 6.07) is 46.6. The zero-order valence-corrected chi connectivity index (χ0v) is 24.6. The highest BCUT2D eigenvalue weighted by Gasteiger charge is 2.41. The number of nitrogens with zero attached hydrogens (tertiary/aromatic N) is 1. The smallest absolute Gasteiger partial charge is 0.256 e. The molecule has 9 rings (SSSR count). The number of para-hydroxylation sites is 2. The van der Waals surface area contributed by atoms with Gasteiger partial charge in [-0.15, -0.1) is 0 Å². The van der Waals surface area contributed by atoms with E-state index in [0.29, 0.717) is 0 Å². The van der Waals surface area contributed by atoms with E-state index < -0.39 is 0 Å². The summed E-state index contributed by atoms with van der Waals surface area (Å²) in [6.45, 7) is 6.90. The van der Waals surface area contributed by atoms with Gasteiger partial charge in [-0.2, -0.15) is 0 Å². The van der Waals surface area contributed by atoms with E-state index in [-0.39, 0.29) is 12.1 Å². The molecule has 0 N–H and O–H groups in total. The lowest BCUT2D eigenvalue weighted by Crippen LogP contribution is -2.58. The van der Waals surface area contributed by atoms with E-state index in [1.165, 1.54) is 66.1 Å². The molecule has 3 heteroatoms. The van der Waals surface area contributed by atoms with Crippen LogP contribution in [0, 0.1) is 0 Å². The molecule has 3 heterocycles. The predicted molar refractivity (Wildman–Crippen MR) is 182 cm³/mol. The first-order chi connectivity index (χ1) is 21.0. The minimum Gasteiger partial charge on any atom is -0.458 e. The Morgan fingerprint density at radius 3 is 2.12 bits per heavy atom. The summed E-state index contributed by atoms with van der Waals surface area (Å²) in [6.07, 6.45) is 0. The number of fused-ring (bicyclic) bond motifs is 7. The zero-order valence-electron chi connectivity index (χ0n) is 24.6. The van der Waals surface area contributed by atoms with Crippen molar-refractivity contribution in [1.29, 1.82) is 0 Å². The molecule has 0 aliphatic carbocycles. The van der Waals surface area contributed by atoms with Gasteiger partial charge in [-0.05, 0) is 73.9 Å². The molecule has 0 radical (unpaired) electrons. The van der Waals surface area contributed by atoms with Gasteiger partial charge in [-0.1, -0.05) is 124 Å². The van der Waals surface area contributed by atoms with Crippen LogP contribution in [0.4, 0.5) is 0 Å². The first-order valence-corrected chi connectivity index (χ1v) is 15.1. The van der Waals surface area contributed by atoms with E-state index in [9.17, 15) is 0 Å². The molecule has 0 bridgehead atoms. The van der Waals surface area contributed by atoms with Gasteiger partial charge in [0.1, 0.15) is 11.5 Å². The van der Waals surface area contributed by atoms with E-state index in [1.807, 2.05) is 0 Å². The normalized spacial score (nSPS) is 13.1. The van der Waals surface area contributed by atoms with Gasteiger partial charge in [0.25, 0.3) is 6.71 Å². The Labute approximate surface area is 252 Å². The number of hydrogen-bond donors (Lipinski definition) is 0. The average Bonchev–Trinajstić information content (AvgIpc) is 3.38. The molecule has 2 aliphatic heterocycles. The Bertz CT molecular complexity index is 2250. The van der Waals surface area contributed by atoms with Gasteiger partial charge in [-0.25, -0.2) is 0 Å². The standard InChI is InChI=1S/C40H30BNO/c1-40(2,3)27-20-21-32-36(24-27)43-37-23-26(29-15-8-7-14-28(29)25-12-5-4-6-13-25)22-35-38(37)41(32)33-18-11-17-31-30-16-9-10-19-34(30)42(35)39(31)33/h4-24H,1-3H3. The van der Waals surface area contributed by atoms with Crippen molar-refractivity contribution in [3.05, 3.63) is 133 Å². The molecule has 0 saturated carbocycles. The molecular weight excluding hydrogens is 521 g/mol. The van der Waals surface area contributed by atoms with E-state index >= 15 is 0 Å². The van der Waals surface area contributed by atoms with Crippen LogP contribution < -0.4 is 21.1 Å². The molecule has 0 saturated heterocycles. The van der Waals surface area contributed by atoms with E-state index in [2.05, 4.69) is 153 Å². The summed E-state index contributed by atoms with van der Waals surface area (Å²) >= 11 is 0. The maximum absolute atomic E-state index is 6.95. The average molecular weight is 551 g/mol. The van der Waals surface area contributed by atoms with Crippen molar-refractivity contribution in [2.45, 2.75) is 26.2 Å². The number of hydrogen-bond acceptors (Lipinski definition) is 1. The highest BCUT2D eigenvalue weighted by molar-refractivity contribution is 6.99. The first-order valence-electron chi connectivity index (χ1n) is 15.1. The van der Waals surface area contributed by atoms with Crippen molar-refractivity contribution in [3.63, 3.8) is 0 Å². The Balaban J connectivity index is 1.40. The van der Waals surface area contributed by atoms with Crippen molar-refractivity contribution in [2.75, 3.05) is 0 Å². The van der Waals surface area contributed by atoms with Crippen LogP contribution in [-0.2, 0) is 5.41 Å². The quantitative estimate of drug-likeness (QED) is 0.197. The molecular formula is C40H30BNO. The molecule has 1 aromatic heterocycles. The van der Waals surface area contributed by atoms with Crippen LogP contribution in [-0.4, -0.2) is 11.3 Å². The summed E-state index contributed by atoms with van der Waals surface area (Å²) in [7, 11) is 0. The van der Waals surface area contributed by atoms with Gasteiger partial charge in [-0.3, -0.25) is 0 Å². The Morgan fingerprint density at radius 2 is 1.30 bits per heavy atom. The fourth-order valence-corrected chi connectivity index (χ4v) is 7.38. The van der Waals surface area contributed by atoms with Gasteiger partial charge >= 0.3 is 0 Å². The molecule has 7 aromatic rings. The monoisotopic (exact) mass is 551 g/mol. The van der Waals surface area contributed by atoms with E-state index in [4.69, 9.17) is 4.74 Å². The molecule has 0 unspecified atom stereocenters. The number of aromatic nitrogens is 1. The lowest BCUT2D eigenvalue weighted by atomic mass is 9.34. The number of rotatable bonds is 2.